The number of hydrogen-bond donors (Lipinski definition) is 1. The molecule has 2 aromatic rings. The molecule has 2 saturated heterocycles. The third-order valence-corrected chi connectivity index (χ3v) is 6.44. The molecule has 2 aliphatic rings. The molecule has 0 aromatic heterocycles. The molecule has 2 aromatic carbocycles. The van der Waals surface area contributed by atoms with E-state index in [1.54, 1.807) is 6.07 Å². The molecule has 0 bridgehead atoms. The lowest BCUT2D eigenvalue weighted by Gasteiger charge is -2.43. The molecule has 1 N–H and O–H groups in total. The number of phenols is 1. The molecule has 5 heteroatoms. The first-order chi connectivity index (χ1) is 13.2. The lowest BCUT2D eigenvalue weighted by molar-refractivity contribution is 0.0994. The molecule has 2 aliphatic heterocycles. The number of nitrogens with zero attached hydrogens (tertiary/aromatic N) is 3. The molecule has 0 amide bonds. The molecule has 0 saturated carbocycles. The van der Waals surface area contributed by atoms with Crippen LogP contribution in [0.25, 0.3) is 0 Å². The van der Waals surface area contributed by atoms with Gasteiger partial charge in [0.05, 0.1) is 0 Å². The summed E-state index contributed by atoms with van der Waals surface area (Å²) in [5, 5.41) is 10.1. The SMILES string of the molecule is Oc1ccc(Br)cc1CN1CCC(N2CCN(c3ccccc3)CC2)CC1. The maximum Gasteiger partial charge on any atom is 0.120 e. The minimum Gasteiger partial charge on any atom is -0.508 e. The smallest absolute Gasteiger partial charge is 0.120 e. The summed E-state index contributed by atoms with van der Waals surface area (Å²) >= 11 is 3.50. The van der Waals surface area contributed by atoms with E-state index in [2.05, 4.69) is 61.0 Å². The number of phenolic OH excluding ortho intramolecular Hbond substituents is 1. The number of likely N-dealkylation sites (tertiary alicyclic amines) is 1. The maximum absolute atomic E-state index is 10.1. The summed E-state index contributed by atoms with van der Waals surface area (Å²) in [6, 6.07) is 17.2. The summed E-state index contributed by atoms with van der Waals surface area (Å²) in [5.41, 5.74) is 2.36. The van der Waals surface area contributed by atoms with E-state index in [0.717, 1.165) is 55.8 Å². The van der Waals surface area contributed by atoms with Crippen LogP contribution < -0.4 is 4.90 Å². The number of piperazine rings is 1. The van der Waals surface area contributed by atoms with Crippen LogP contribution in [0.4, 0.5) is 5.69 Å². The van der Waals surface area contributed by atoms with Gasteiger partial charge in [0, 0.05) is 54.5 Å². The van der Waals surface area contributed by atoms with Gasteiger partial charge in [-0.15, -0.1) is 0 Å². The Balaban J connectivity index is 1.26. The highest BCUT2D eigenvalue weighted by atomic mass is 79.9. The van der Waals surface area contributed by atoms with Crippen LogP contribution in [0, 0.1) is 0 Å². The number of piperidine rings is 1. The molecule has 4 rings (SSSR count). The van der Waals surface area contributed by atoms with Crippen LogP contribution in [-0.2, 0) is 6.54 Å². The molecule has 4 nitrogen and oxygen atoms in total. The fraction of sp³-hybridized carbons (Fsp3) is 0.455. The molecule has 0 spiro atoms. The second-order valence-corrected chi connectivity index (χ2v) is 8.55. The Bertz CT molecular complexity index is 738. The Morgan fingerprint density at radius 1 is 0.889 bits per heavy atom. The molecule has 144 valence electrons. The van der Waals surface area contributed by atoms with Crippen molar-refractivity contribution in [3.05, 3.63) is 58.6 Å². The Morgan fingerprint density at radius 2 is 1.59 bits per heavy atom. The van der Waals surface area contributed by atoms with E-state index in [4.69, 9.17) is 0 Å². The van der Waals surface area contributed by atoms with Gasteiger partial charge < -0.3 is 10.0 Å². The molecule has 0 unspecified atom stereocenters. The van der Waals surface area contributed by atoms with E-state index in [0.29, 0.717) is 11.8 Å². The van der Waals surface area contributed by atoms with Crippen LogP contribution in [0.2, 0.25) is 0 Å². The van der Waals surface area contributed by atoms with Crippen molar-refractivity contribution in [2.45, 2.75) is 25.4 Å². The summed E-state index contributed by atoms with van der Waals surface area (Å²) in [6.45, 7) is 7.61. The van der Waals surface area contributed by atoms with Gasteiger partial charge in [0.15, 0.2) is 0 Å². The summed E-state index contributed by atoms with van der Waals surface area (Å²) in [4.78, 5) is 7.66. The average molecular weight is 430 g/mol. The molecular formula is C22H28BrN3O. The molecule has 0 aliphatic carbocycles. The van der Waals surface area contributed by atoms with Crippen molar-refractivity contribution in [2.75, 3.05) is 44.2 Å². The van der Waals surface area contributed by atoms with Gasteiger partial charge in [0.2, 0.25) is 0 Å². The van der Waals surface area contributed by atoms with E-state index in [1.165, 1.54) is 18.5 Å². The predicted molar refractivity (Wildman–Crippen MR) is 114 cm³/mol. The molecular weight excluding hydrogens is 402 g/mol. The Hall–Kier alpha value is -1.56. The van der Waals surface area contributed by atoms with E-state index in [9.17, 15) is 5.11 Å². The van der Waals surface area contributed by atoms with Gasteiger partial charge in [0.25, 0.3) is 0 Å². The van der Waals surface area contributed by atoms with Crippen molar-refractivity contribution >= 4 is 21.6 Å². The topological polar surface area (TPSA) is 30.0 Å². The monoisotopic (exact) mass is 429 g/mol. The van der Waals surface area contributed by atoms with E-state index >= 15 is 0 Å². The van der Waals surface area contributed by atoms with Gasteiger partial charge in [-0.25, -0.2) is 0 Å². The summed E-state index contributed by atoms with van der Waals surface area (Å²) in [5.74, 6) is 0.400. The van der Waals surface area contributed by atoms with Crippen molar-refractivity contribution in [3.8, 4) is 5.75 Å². The van der Waals surface area contributed by atoms with Crippen molar-refractivity contribution in [3.63, 3.8) is 0 Å². The normalized spacial score (nSPS) is 20.1. The van der Waals surface area contributed by atoms with Crippen molar-refractivity contribution in [1.29, 1.82) is 0 Å². The largest absolute Gasteiger partial charge is 0.508 e. The third-order valence-electron chi connectivity index (χ3n) is 5.94. The third kappa shape index (κ3) is 4.65. The Labute approximate surface area is 170 Å². The molecule has 0 atom stereocenters. The van der Waals surface area contributed by atoms with Crippen molar-refractivity contribution in [1.82, 2.24) is 9.80 Å². The van der Waals surface area contributed by atoms with Crippen LogP contribution in [0.1, 0.15) is 18.4 Å². The summed E-state index contributed by atoms with van der Waals surface area (Å²) in [6.07, 6.45) is 2.44. The van der Waals surface area contributed by atoms with Gasteiger partial charge in [-0.05, 0) is 56.3 Å². The second-order valence-electron chi connectivity index (χ2n) is 7.64. The quantitative estimate of drug-likeness (QED) is 0.796. The highest BCUT2D eigenvalue weighted by Crippen LogP contribution is 2.26. The fourth-order valence-electron chi connectivity index (χ4n) is 4.35. The fourth-order valence-corrected chi connectivity index (χ4v) is 4.76. The van der Waals surface area contributed by atoms with Gasteiger partial charge in [-0.3, -0.25) is 9.80 Å². The standard InChI is InChI=1S/C22H28BrN3O/c23-19-6-7-22(27)18(16-19)17-24-10-8-21(9-11-24)26-14-12-25(13-15-26)20-4-2-1-3-5-20/h1-7,16,21,27H,8-15,17H2. The lowest BCUT2D eigenvalue weighted by Crippen LogP contribution is -2.53. The van der Waals surface area contributed by atoms with Gasteiger partial charge in [-0.2, -0.15) is 0 Å². The highest BCUT2D eigenvalue weighted by molar-refractivity contribution is 9.10. The molecule has 27 heavy (non-hydrogen) atoms. The van der Waals surface area contributed by atoms with Gasteiger partial charge >= 0.3 is 0 Å². The van der Waals surface area contributed by atoms with Crippen molar-refractivity contribution in [2.24, 2.45) is 0 Å². The maximum atomic E-state index is 10.1. The minimum absolute atomic E-state index is 0.400. The zero-order valence-electron chi connectivity index (χ0n) is 15.7. The number of benzene rings is 2. The van der Waals surface area contributed by atoms with Crippen LogP contribution in [-0.4, -0.2) is 60.2 Å². The van der Waals surface area contributed by atoms with E-state index in [-0.39, 0.29) is 0 Å². The first-order valence-corrected chi connectivity index (χ1v) is 10.7. The average Bonchev–Trinajstić information content (AvgIpc) is 2.72. The number of anilines is 1. The number of hydrogen-bond acceptors (Lipinski definition) is 4. The van der Waals surface area contributed by atoms with Gasteiger partial charge in [0.1, 0.15) is 5.75 Å². The first-order valence-electron chi connectivity index (χ1n) is 9.93. The van der Waals surface area contributed by atoms with Crippen LogP contribution >= 0.6 is 15.9 Å². The molecule has 0 radical (unpaired) electrons. The molecule has 2 fully saturated rings. The Kier molecular flexibility index (Phi) is 6.01. The Morgan fingerprint density at radius 3 is 2.30 bits per heavy atom. The summed E-state index contributed by atoms with van der Waals surface area (Å²) in [7, 11) is 0. The first kappa shape index (κ1) is 18.8. The molecule has 2 heterocycles. The zero-order chi connectivity index (χ0) is 18.6. The number of para-hydroxylation sites is 1. The number of aromatic hydroxyl groups is 1. The van der Waals surface area contributed by atoms with Crippen LogP contribution in [0.3, 0.4) is 0 Å². The number of halogens is 1. The highest BCUT2D eigenvalue weighted by Gasteiger charge is 2.27. The number of rotatable bonds is 4. The second kappa shape index (κ2) is 8.63. The van der Waals surface area contributed by atoms with Crippen LogP contribution in [0.15, 0.2) is 53.0 Å². The van der Waals surface area contributed by atoms with E-state index in [1.807, 2.05) is 12.1 Å². The zero-order valence-corrected chi connectivity index (χ0v) is 17.3. The minimum atomic E-state index is 0.400. The lowest BCUT2D eigenvalue weighted by atomic mass is 10.0. The van der Waals surface area contributed by atoms with Crippen molar-refractivity contribution < 1.29 is 5.11 Å². The van der Waals surface area contributed by atoms with Gasteiger partial charge in [-0.1, -0.05) is 34.1 Å². The predicted octanol–water partition coefficient (Wildman–Crippen LogP) is 3.94. The van der Waals surface area contributed by atoms with Crippen LogP contribution in [0.5, 0.6) is 5.75 Å². The summed E-state index contributed by atoms with van der Waals surface area (Å²) < 4.78 is 1.03. The van der Waals surface area contributed by atoms with E-state index < -0.39 is 0 Å².